The van der Waals surface area contributed by atoms with Crippen LogP contribution < -0.4 is 17.2 Å². The molecule has 7 N–H and O–H groups in total. The van der Waals surface area contributed by atoms with Gasteiger partial charge in [0.2, 0.25) is 5.91 Å². The van der Waals surface area contributed by atoms with Crippen LogP contribution in [-0.4, -0.2) is 41.1 Å². The van der Waals surface area contributed by atoms with Crippen molar-refractivity contribution in [1.29, 1.82) is 0 Å². The fourth-order valence-corrected chi connectivity index (χ4v) is 0.960. The van der Waals surface area contributed by atoms with Gasteiger partial charge in [-0.15, -0.1) is 0 Å². The summed E-state index contributed by atoms with van der Waals surface area (Å²) in [6.07, 6.45) is -1.00. The summed E-state index contributed by atoms with van der Waals surface area (Å²) in [6, 6.07) is -2.34. The highest BCUT2D eigenvalue weighted by atomic mass is 16.5. The monoisotopic (exact) mass is 247 g/mol. The molecule has 0 rings (SSSR count). The van der Waals surface area contributed by atoms with E-state index < -0.39 is 36.0 Å². The number of ether oxygens (including phenoxy) is 1. The smallest absolute Gasteiger partial charge is 0.324 e. The minimum Gasteiger partial charge on any atom is -0.480 e. The third-order valence-corrected chi connectivity index (χ3v) is 2.10. The van der Waals surface area contributed by atoms with Crippen molar-refractivity contribution < 1.29 is 24.2 Å². The van der Waals surface area contributed by atoms with Gasteiger partial charge in [0.05, 0.1) is 0 Å². The Bertz CT molecular complexity index is 307. The molecule has 0 heterocycles. The van der Waals surface area contributed by atoms with Crippen molar-refractivity contribution in [2.45, 2.75) is 38.0 Å². The van der Waals surface area contributed by atoms with Crippen molar-refractivity contribution in [2.24, 2.45) is 17.2 Å². The van der Waals surface area contributed by atoms with Gasteiger partial charge in [0.15, 0.2) is 0 Å². The molecule has 8 heteroatoms. The number of amides is 1. The first-order chi connectivity index (χ1) is 7.75. The highest BCUT2D eigenvalue weighted by Crippen LogP contribution is 2.02. The average molecular weight is 247 g/mol. The number of primary amides is 1. The number of carboxylic acids is 1. The maximum Gasteiger partial charge on any atom is 0.324 e. The maximum absolute atomic E-state index is 11.3. The zero-order valence-corrected chi connectivity index (χ0v) is 9.46. The molecule has 1 amide bonds. The zero-order chi connectivity index (χ0) is 13.6. The quantitative estimate of drug-likeness (QED) is 0.376. The van der Waals surface area contributed by atoms with Crippen LogP contribution in [0, 0.1) is 0 Å². The summed E-state index contributed by atoms with van der Waals surface area (Å²) in [6.45, 7) is 1.34. The predicted molar refractivity (Wildman–Crippen MR) is 57.6 cm³/mol. The van der Waals surface area contributed by atoms with Gasteiger partial charge in [0, 0.05) is 6.42 Å². The lowest BCUT2D eigenvalue weighted by atomic mass is 10.1. The molecule has 0 unspecified atom stereocenters. The standard InChI is InChI=1S/C9H17N3O5/c1-4(7(12)8(14)15)17-9(16)5(10)2-3-6(11)13/h4-5,7H,2-3,10,12H2,1H3,(H2,11,13)(H,14,15)/t4-,5+,7+/m1/s1. The molecule has 0 aromatic heterocycles. The van der Waals surface area contributed by atoms with Crippen LogP contribution >= 0.6 is 0 Å². The second-order valence-electron chi connectivity index (χ2n) is 3.62. The molecule has 98 valence electrons. The maximum atomic E-state index is 11.3. The van der Waals surface area contributed by atoms with E-state index >= 15 is 0 Å². The van der Waals surface area contributed by atoms with Crippen molar-refractivity contribution in [3.05, 3.63) is 0 Å². The van der Waals surface area contributed by atoms with E-state index in [1.54, 1.807) is 0 Å². The summed E-state index contributed by atoms with van der Waals surface area (Å²) < 4.78 is 4.75. The van der Waals surface area contributed by atoms with Gasteiger partial charge >= 0.3 is 11.9 Å². The topological polar surface area (TPSA) is 159 Å². The molecule has 17 heavy (non-hydrogen) atoms. The van der Waals surface area contributed by atoms with E-state index in [4.69, 9.17) is 27.0 Å². The Morgan fingerprint density at radius 3 is 2.24 bits per heavy atom. The van der Waals surface area contributed by atoms with Crippen molar-refractivity contribution in [3.63, 3.8) is 0 Å². The molecular formula is C9H17N3O5. The van der Waals surface area contributed by atoms with Gasteiger partial charge in [-0.3, -0.25) is 14.4 Å². The SMILES string of the molecule is C[C@@H](OC(=O)[C@@H](N)CCC(N)=O)[C@H](N)C(=O)O. The summed E-state index contributed by atoms with van der Waals surface area (Å²) in [4.78, 5) is 32.3. The highest BCUT2D eigenvalue weighted by molar-refractivity contribution is 5.79. The first kappa shape index (κ1) is 15.3. The van der Waals surface area contributed by atoms with E-state index in [0.29, 0.717) is 0 Å². The Labute approximate surface area is 98.1 Å². The number of hydrogen-bond donors (Lipinski definition) is 4. The van der Waals surface area contributed by atoms with Crippen LogP contribution in [0.5, 0.6) is 0 Å². The Hall–Kier alpha value is -1.67. The minimum absolute atomic E-state index is 0.0448. The molecule has 0 aliphatic rings. The molecule has 0 aromatic carbocycles. The second kappa shape index (κ2) is 6.81. The lowest BCUT2D eigenvalue weighted by Crippen LogP contribution is -2.45. The molecule has 0 fully saturated rings. The van der Waals surface area contributed by atoms with Gasteiger partial charge in [-0.25, -0.2) is 0 Å². The number of esters is 1. The lowest BCUT2D eigenvalue weighted by molar-refractivity contribution is -0.154. The summed E-state index contributed by atoms with van der Waals surface area (Å²) >= 11 is 0. The fraction of sp³-hybridized carbons (Fsp3) is 0.667. The molecule has 0 spiro atoms. The van der Waals surface area contributed by atoms with Crippen LogP contribution in [0.1, 0.15) is 19.8 Å². The van der Waals surface area contributed by atoms with Crippen LogP contribution in [0.25, 0.3) is 0 Å². The number of hydrogen-bond acceptors (Lipinski definition) is 6. The van der Waals surface area contributed by atoms with Gasteiger partial charge in [-0.2, -0.15) is 0 Å². The average Bonchev–Trinajstić information content (AvgIpc) is 2.24. The largest absolute Gasteiger partial charge is 0.480 e. The van der Waals surface area contributed by atoms with Gasteiger partial charge in [0.1, 0.15) is 18.2 Å². The van der Waals surface area contributed by atoms with Gasteiger partial charge in [-0.1, -0.05) is 0 Å². The minimum atomic E-state index is -1.32. The number of carbonyl (C=O) groups is 3. The van der Waals surface area contributed by atoms with Crippen molar-refractivity contribution >= 4 is 17.8 Å². The van der Waals surface area contributed by atoms with Crippen LogP contribution in [0.15, 0.2) is 0 Å². The van der Waals surface area contributed by atoms with Crippen LogP contribution in [0.3, 0.4) is 0 Å². The molecule has 0 saturated carbocycles. The van der Waals surface area contributed by atoms with Crippen molar-refractivity contribution in [2.75, 3.05) is 0 Å². The van der Waals surface area contributed by atoms with Crippen molar-refractivity contribution in [1.82, 2.24) is 0 Å². The van der Waals surface area contributed by atoms with E-state index in [1.807, 2.05) is 0 Å². The number of nitrogens with two attached hydrogens (primary N) is 3. The van der Waals surface area contributed by atoms with E-state index in [1.165, 1.54) is 6.92 Å². The molecule has 0 saturated heterocycles. The number of aliphatic carboxylic acids is 1. The molecule has 0 radical (unpaired) electrons. The van der Waals surface area contributed by atoms with Crippen LogP contribution in [-0.2, 0) is 19.1 Å². The Balaban J connectivity index is 4.15. The third-order valence-electron chi connectivity index (χ3n) is 2.10. The van der Waals surface area contributed by atoms with Gasteiger partial charge < -0.3 is 27.0 Å². The summed E-state index contributed by atoms with van der Waals surface area (Å²) in [5, 5.41) is 8.57. The van der Waals surface area contributed by atoms with E-state index in [0.717, 1.165) is 0 Å². The Kier molecular flexibility index (Phi) is 6.15. The van der Waals surface area contributed by atoms with Crippen LogP contribution in [0.4, 0.5) is 0 Å². The fourth-order valence-electron chi connectivity index (χ4n) is 0.960. The highest BCUT2D eigenvalue weighted by Gasteiger charge is 2.26. The molecule has 0 bridgehead atoms. The second-order valence-corrected chi connectivity index (χ2v) is 3.62. The number of carbonyl (C=O) groups excluding carboxylic acids is 2. The van der Waals surface area contributed by atoms with E-state index in [9.17, 15) is 14.4 Å². The lowest BCUT2D eigenvalue weighted by Gasteiger charge is -2.19. The van der Waals surface area contributed by atoms with Gasteiger partial charge in [-0.05, 0) is 13.3 Å². The number of rotatable bonds is 7. The normalized spacial score (nSPS) is 15.7. The van der Waals surface area contributed by atoms with Crippen LogP contribution in [0.2, 0.25) is 0 Å². The summed E-state index contributed by atoms with van der Waals surface area (Å²) in [7, 11) is 0. The first-order valence-corrected chi connectivity index (χ1v) is 4.98. The zero-order valence-electron chi connectivity index (χ0n) is 9.46. The predicted octanol–water partition coefficient (Wildman–Crippen LogP) is -2.08. The van der Waals surface area contributed by atoms with Gasteiger partial charge in [0.25, 0.3) is 0 Å². The molecular weight excluding hydrogens is 230 g/mol. The Morgan fingerprint density at radius 2 is 1.82 bits per heavy atom. The summed E-state index contributed by atoms with van der Waals surface area (Å²) in [5.74, 6) is -2.67. The Morgan fingerprint density at radius 1 is 1.29 bits per heavy atom. The third kappa shape index (κ3) is 5.83. The summed E-state index contributed by atoms with van der Waals surface area (Å²) in [5.41, 5.74) is 15.5. The van der Waals surface area contributed by atoms with E-state index in [-0.39, 0.29) is 12.8 Å². The first-order valence-electron chi connectivity index (χ1n) is 4.98. The molecule has 8 nitrogen and oxygen atoms in total. The number of carboxylic acid groups (broad SMARTS) is 1. The molecule has 0 aliphatic carbocycles. The molecule has 3 atom stereocenters. The molecule has 0 aromatic rings. The van der Waals surface area contributed by atoms with E-state index in [2.05, 4.69) is 0 Å². The molecule has 0 aliphatic heterocycles. The van der Waals surface area contributed by atoms with Crippen molar-refractivity contribution in [3.8, 4) is 0 Å².